The van der Waals surface area contributed by atoms with E-state index in [1.807, 2.05) is 42.5 Å². The molecule has 9 heteroatoms. The zero-order valence-corrected chi connectivity index (χ0v) is 15.8. The van der Waals surface area contributed by atoms with Gasteiger partial charge in [0.25, 0.3) is 0 Å². The quantitative estimate of drug-likeness (QED) is 0.476. The monoisotopic (exact) mass is 378 g/mol. The number of hydrogen-bond acceptors (Lipinski definition) is 7. The summed E-state index contributed by atoms with van der Waals surface area (Å²) in [6, 6.07) is 13.7. The van der Waals surface area contributed by atoms with Crippen LogP contribution in [0.15, 0.2) is 60.0 Å². The van der Waals surface area contributed by atoms with Crippen molar-refractivity contribution in [1.29, 1.82) is 0 Å². The number of thioether (sulfide) groups is 1. The number of nitrogens with zero attached hydrogens (tertiary/aromatic N) is 8. The Balaban J connectivity index is 1.63. The van der Waals surface area contributed by atoms with Crippen molar-refractivity contribution in [1.82, 2.24) is 40.0 Å². The van der Waals surface area contributed by atoms with E-state index in [0.29, 0.717) is 0 Å². The van der Waals surface area contributed by atoms with Crippen LogP contribution in [-0.2, 0) is 6.54 Å². The second-order valence-electron chi connectivity index (χ2n) is 5.83. The first-order valence-corrected chi connectivity index (χ1v) is 9.50. The first-order valence-electron chi connectivity index (χ1n) is 8.62. The highest BCUT2D eigenvalue weighted by atomic mass is 32.2. The van der Waals surface area contributed by atoms with Crippen molar-refractivity contribution in [3.63, 3.8) is 0 Å². The van der Waals surface area contributed by atoms with E-state index in [1.54, 1.807) is 28.8 Å². The van der Waals surface area contributed by atoms with E-state index in [2.05, 4.69) is 49.1 Å². The van der Waals surface area contributed by atoms with Crippen molar-refractivity contribution in [3.05, 3.63) is 60.7 Å². The fraction of sp³-hybridized carbons (Fsp3) is 0.222. The van der Waals surface area contributed by atoms with Gasteiger partial charge in [-0.2, -0.15) is 4.68 Å². The van der Waals surface area contributed by atoms with Gasteiger partial charge in [-0.05, 0) is 48.5 Å². The smallest absolute Gasteiger partial charge is 0.192 e. The minimum Gasteiger partial charge on any atom is -0.302 e. The Hall–Kier alpha value is -3.07. The maximum atomic E-state index is 4.39. The molecule has 0 aliphatic rings. The Labute approximate surface area is 160 Å². The third-order valence-corrected chi connectivity index (χ3v) is 5.19. The molecule has 1 atom stereocenters. The van der Waals surface area contributed by atoms with Gasteiger partial charge in [-0.15, -0.1) is 15.3 Å². The van der Waals surface area contributed by atoms with Crippen LogP contribution in [0.4, 0.5) is 0 Å². The molecule has 0 saturated carbocycles. The summed E-state index contributed by atoms with van der Waals surface area (Å²) in [5.74, 6) is 1.60. The number of hydrogen-bond donors (Lipinski definition) is 0. The van der Waals surface area contributed by atoms with Crippen molar-refractivity contribution in [3.8, 4) is 17.1 Å². The fourth-order valence-electron chi connectivity index (χ4n) is 2.79. The molecule has 1 unspecified atom stereocenters. The Morgan fingerprint density at radius 2 is 1.78 bits per heavy atom. The van der Waals surface area contributed by atoms with E-state index in [-0.39, 0.29) is 5.25 Å². The van der Waals surface area contributed by atoms with Gasteiger partial charge >= 0.3 is 0 Å². The summed E-state index contributed by atoms with van der Waals surface area (Å²) < 4.78 is 3.85. The summed E-state index contributed by atoms with van der Waals surface area (Å²) >= 11 is 1.59. The molecule has 0 radical (unpaired) electrons. The lowest BCUT2D eigenvalue weighted by Crippen LogP contribution is -2.06. The summed E-state index contributed by atoms with van der Waals surface area (Å²) in [6.45, 7) is 4.91. The maximum Gasteiger partial charge on any atom is 0.192 e. The third-order valence-electron chi connectivity index (χ3n) is 4.11. The van der Waals surface area contributed by atoms with Crippen LogP contribution in [0.2, 0.25) is 0 Å². The van der Waals surface area contributed by atoms with Crippen LogP contribution < -0.4 is 0 Å². The van der Waals surface area contributed by atoms with Gasteiger partial charge in [-0.1, -0.05) is 30.0 Å². The molecule has 4 rings (SSSR count). The minimum atomic E-state index is -0.00000357. The summed E-state index contributed by atoms with van der Waals surface area (Å²) in [6.07, 6.45) is 3.51. The normalized spacial score (nSPS) is 12.2. The average Bonchev–Trinajstić information content (AvgIpc) is 3.36. The minimum absolute atomic E-state index is 0.00000357. The van der Waals surface area contributed by atoms with Crippen LogP contribution in [0.1, 0.15) is 24.9 Å². The molecule has 0 bridgehead atoms. The SMILES string of the molecule is CCn1c(SC(C)c2nnnn2-c2ccccc2)nnc1-c1ccncc1. The highest BCUT2D eigenvalue weighted by Gasteiger charge is 2.21. The lowest BCUT2D eigenvalue weighted by molar-refractivity contribution is 0.683. The first kappa shape index (κ1) is 17.3. The average molecular weight is 378 g/mol. The molecule has 3 aromatic heterocycles. The number of para-hydroxylation sites is 1. The van der Waals surface area contributed by atoms with Crippen molar-refractivity contribution in [2.75, 3.05) is 0 Å². The molecule has 4 aromatic rings. The molecule has 0 fully saturated rings. The molecular formula is C18H18N8S. The first-order chi connectivity index (χ1) is 13.3. The lowest BCUT2D eigenvalue weighted by atomic mass is 10.2. The summed E-state index contributed by atoms with van der Waals surface area (Å²) in [5, 5.41) is 21.8. The van der Waals surface area contributed by atoms with Crippen LogP contribution >= 0.6 is 11.8 Å². The van der Waals surface area contributed by atoms with Gasteiger partial charge in [0.1, 0.15) is 0 Å². The molecule has 27 heavy (non-hydrogen) atoms. The summed E-state index contributed by atoms with van der Waals surface area (Å²) in [4.78, 5) is 4.07. The predicted octanol–water partition coefficient (Wildman–Crippen LogP) is 3.19. The largest absolute Gasteiger partial charge is 0.302 e. The number of rotatable bonds is 6. The lowest BCUT2D eigenvalue weighted by Gasteiger charge is -2.12. The topological polar surface area (TPSA) is 87.2 Å². The Bertz CT molecular complexity index is 1010. The van der Waals surface area contributed by atoms with E-state index in [9.17, 15) is 0 Å². The number of tetrazole rings is 1. The second kappa shape index (κ2) is 7.67. The van der Waals surface area contributed by atoms with Gasteiger partial charge in [-0.3, -0.25) is 4.98 Å². The van der Waals surface area contributed by atoms with E-state index < -0.39 is 0 Å². The van der Waals surface area contributed by atoms with Gasteiger partial charge in [-0.25, -0.2) is 0 Å². The van der Waals surface area contributed by atoms with Gasteiger partial charge < -0.3 is 4.57 Å². The molecule has 136 valence electrons. The Kier molecular flexibility index (Phi) is 4.93. The fourth-order valence-corrected chi connectivity index (χ4v) is 3.79. The zero-order chi connectivity index (χ0) is 18.6. The van der Waals surface area contributed by atoms with Crippen molar-refractivity contribution in [2.45, 2.75) is 30.8 Å². The van der Waals surface area contributed by atoms with Gasteiger partial charge in [0.2, 0.25) is 0 Å². The van der Waals surface area contributed by atoms with E-state index in [1.165, 1.54) is 0 Å². The highest BCUT2D eigenvalue weighted by Crippen LogP contribution is 2.34. The van der Waals surface area contributed by atoms with Crippen LogP contribution in [0.3, 0.4) is 0 Å². The molecule has 0 spiro atoms. The number of pyridine rings is 1. The molecule has 3 heterocycles. The molecule has 1 aromatic carbocycles. The Morgan fingerprint density at radius 1 is 1.00 bits per heavy atom. The molecule has 0 aliphatic carbocycles. The van der Waals surface area contributed by atoms with E-state index in [4.69, 9.17) is 0 Å². The van der Waals surface area contributed by atoms with E-state index in [0.717, 1.165) is 34.6 Å². The van der Waals surface area contributed by atoms with Crippen molar-refractivity contribution in [2.24, 2.45) is 0 Å². The van der Waals surface area contributed by atoms with Crippen LogP contribution in [-0.4, -0.2) is 40.0 Å². The van der Waals surface area contributed by atoms with Gasteiger partial charge in [0, 0.05) is 24.5 Å². The predicted molar refractivity (Wildman–Crippen MR) is 102 cm³/mol. The maximum absolute atomic E-state index is 4.39. The van der Waals surface area contributed by atoms with Crippen molar-refractivity contribution < 1.29 is 0 Å². The molecule has 0 amide bonds. The highest BCUT2D eigenvalue weighted by molar-refractivity contribution is 7.99. The third kappa shape index (κ3) is 3.45. The molecule has 8 nitrogen and oxygen atoms in total. The summed E-state index contributed by atoms with van der Waals surface area (Å²) in [7, 11) is 0. The second-order valence-corrected chi connectivity index (χ2v) is 7.14. The van der Waals surface area contributed by atoms with Crippen LogP contribution in [0.5, 0.6) is 0 Å². The Morgan fingerprint density at radius 3 is 2.52 bits per heavy atom. The molecular weight excluding hydrogens is 360 g/mol. The molecule has 0 N–H and O–H groups in total. The summed E-state index contributed by atoms with van der Waals surface area (Å²) in [5.41, 5.74) is 1.92. The molecule has 0 aliphatic heterocycles. The van der Waals surface area contributed by atoms with Gasteiger partial charge in [0.05, 0.1) is 10.9 Å². The molecule has 0 saturated heterocycles. The van der Waals surface area contributed by atoms with Crippen molar-refractivity contribution >= 4 is 11.8 Å². The van der Waals surface area contributed by atoms with Crippen LogP contribution in [0.25, 0.3) is 17.1 Å². The van der Waals surface area contributed by atoms with Gasteiger partial charge in [0.15, 0.2) is 16.8 Å². The number of benzene rings is 1. The van der Waals surface area contributed by atoms with Crippen LogP contribution in [0, 0.1) is 0 Å². The van der Waals surface area contributed by atoms with E-state index >= 15 is 0 Å². The zero-order valence-electron chi connectivity index (χ0n) is 15.0. The number of aromatic nitrogens is 8. The standard InChI is InChI=1S/C18H18N8S/c1-3-25-17(14-9-11-19-12-10-14)20-22-18(25)27-13(2)16-21-23-24-26(16)15-7-5-4-6-8-15/h4-13H,3H2,1-2H3.